The highest BCUT2D eigenvalue weighted by molar-refractivity contribution is 5.88. The minimum absolute atomic E-state index is 0.0962. The molecule has 1 aromatic rings. The van der Waals surface area contributed by atoms with Gasteiger partial charge >= 0.3 is 0 Å². The Labute approximate surface area is 107 Å². The van der Waals surface area contributed by atoms with Gasteiger partial charge in [-0.2, -0.15) is 0 Å². The molecule has 2 heteroatoms. The van der Waals surface area contributed by atoms with E-state index in [-0.39, 0.29) is 11.8 Å². The predicted molar refractivity (Wildman–Crippen MR) is 69.3 cm³/mol. The Hall–Kier alpha value is -1.44. The largest absolute Gasteiger partial charge is 0.300 e. The summed E-state index contributed by atoms with van der Waals surface area (Å²) in [6.07, 6.45) is 3.90. The van der Waals surface area contributed by atoms with Crippen LogP contribution in [-0.4, -0.2) is 11.6 Å². The first kappa shape index (κ1) is 11.6. The molecule has 0 radical (unpaired) electrons. The van der Waals surface area contributed by atoms with Gasteiger partial charge in [0.15, 0.2) is 0 Å². The third kappa shape index (κ3) is 2.00. The van der Waals surface area contributed by atoms with E-state index in [1.54, 1.807) is 0 Å². The van der Waals surface area contributed by atoms with Gasteiger partial charge in [-0.05, 0) is 24.3 Å². The molecule has 2 aliphatic carbocycles. The van der Waals surface area contributed by atoms with E-state index in [0.29, 0.717) is 36.7 Å². The van der Waals surface area contributed by atoms with Crippen LogP contribution in [0.4, 0.5) is 0 Å². The molecule has 3 unspecified atom stereocenters. The molecule has 0 aliphatic heterocycles. The van der Waals surface area contributed by atoms with E-state index in [4.69, 9.17) is 0 Å². The molecule has 2 nitrogen and oxygen atoms in total. The zero-order valence-corrected chi connectivity index (χ0v) is 10.5. The van der Waals surface area contributed by atoms with E-state index in [1.165, 1.54) is 0 Å². The van der Waals surface area contributed by atoms with E-state index < -0.39 is 0 Å². The molecule has 0 aromatic heterocycles. The second-order valence-electron chi connectivity index (χ2n) is 5.61. The van der Waals surface area contributed by atoms with Gasteiger partial charge in [0.25, 0.3) is 0 Å². The predicted octanol–water partition coefficient (Wildman–Crippen LogP) is 3.12. The summed E-state index contributed by atoms with van der Waals surface area (Å²) in [5.41, 5.74) is 1.16. The van der Waals surface area contributed by atoms with Gasteiger partial charge in [-0.3, -0.25) is 9.59 Å². The SMILES string of the molecule is O=C1CC2CCCC(=O)C2C(c2ccccc2)C1. The molecule has 0 bridgehead atoms. The van der Waals surface area contributed by atoms with Crippen LogP contribution in [0, 0.1) is 11.8 Å². The minimum atomic E-state index is 0.0962. The van der Waals surface area contributed by atoms with Crippen LogP contribution in [0.1, 0.15) is 43.6 Å². The maximum absolute atomic E-state index is 12.2. The monoisotopic (exact) mass is 242 g/mol. The maximum Gasteiger partial charge on any atom is 0.136 e. The normalized spacial score (nSPS) is 32.1. The van der Waals surface area contributed by atoms with E-state index in [2.05, 4.69) is 12.1 Å². The van der Waals surface area contributed by atoms with E-state index in [0.717, 1.165) is 18.4 Å². The van der Waals surface area contributed by atoms with Crippen molar-refractivity contribution in [1.29, 1.82) is 0 Å². The average Bonchev–Trinajstić information content (AvgIpc) is 2.39. The molecule has 0 saturated heterocycles. The Kier molecular flexibility index (Phi) is 3.02. The zero-order valence-electron chi connectivity index (χ0n) is 10.5. The Balaban J connectivity index is 1.95. The van der Waals surface area contributed by atoms with Crippen molar-refractivity contribution in [3.8, 4) is 0 Å². The summed E-state index contributed by atoms with van der Waals surface area (Å²) in [5, 5.41) is 0. The minimum Gasteiger partial charge on any atom is -0.300 e. The number of carbonyl (C=O) groups excluding carboxylic acids is 2. The van der Waals surface area contributed by atoms with Crippen molar-refractivity contribution in [1.82, 2.24) is 0 Å². The molecular formula is C16H18O2. The number of Topliss-reactive ketones (excluding diaryl/α,β-unsaturated/α-hetero) is 2. The first-order chi connectivity index (χ1) is 8.75. The first-order valence-corrected chi connectivity index (χ1v) is 6.85. The van der Waals surface area contributed by atoms with Gasteiger partial charge in [-0.25, -0.2) is 0 Å². The average molecular weight is 242 g/mol. The fraction of sp³-hybridized carbons (Fsp3) is 0.500. The Bertz CT molecular complexity index is 463. The number of fused-ring (bicyclic) bond motifs is 1. The summed E-state index contributed by atoms with van der Waals surface area (Å²) in [6, 6.07) is 10.1. The molecule has 18 heavy (non-hydrogen) atoms. The highest BCUT2D eigenvalue weighted by atomic mass is 16.1. The number of hydrogen-bond donors (Lipinski definition) is 0. The quantitative estimate of drug-likeness (QED) is 0.758. The Morgan fingerprint density at radius 3 is 2.56 bits per heavy atom. The number of ketones is 2. The number of rotatable bonds is 1. The van der Waals surface area contributed by atoms with Crippen molar-refractivity contribution >= 4 is 11.6 Å². The highest BCUT2D eigenvalue weighted by Crippen LogP contribution is 2.45. The summed E-state index contributed by atoms with van der Waals surface area (Å²) in [6.45, 7) is 0. The van der Waals surface area contributed by atoms with Crippen LogP contribution < -0.4 is 0 Å². The highest BCUT2D eigenvalue weighted by Gasteiger charge is 2.43. The van der Waals surface area contributed by atoms with Crippen LogP contribution in [0.3, 0.4) is 0 Å². The van der Waals surface area contributed by atoms with Crippen LogP contribution in [0.2, 0.25) is 0 Å². The third-order valence-electron chi connectivity index (χ3n) is 4.48. The fourth-order valence-electron chi connectivity index (χ4n) is 3.70. The summed E-state index contributed by atoms with van der Waals surface area (Å²) in [5.74, 6) is 1.24. The first-order valence-electron chi connectivity index (χ1n) is 6.85. The zero-order chi connectivity index (χ0) is 12.5. The second kappa shape index (κ2) is 4.68. The maximum atomic E-state index is 12.2. The second-order valence-corrected chi connectivity index (χ2v) is 5.61. The molecule has 3 rings (SSSR count). The molecular weight excluding hydrogens is 224 g/mol. The van der Waals surface area contributed by atoms with Gasteiger partial charge in [0.1, 0.15) is 11.6 Å². The smallest absolute Gasteiger partial charge is 0.136 e. The molecule has 2 fully saturated rings. The standard InChI is InChI=1S/C16H18O2/c17-13-9-12-7-4-8-15(18)16(12)14(10-13)11-5-2-1-3-6-11/h1-3,5-6,12,14,16H,4,7-10H2. The number of benzene rings is 1. The fourth-order valence-corrected chi connectivity index (χ4v) is 3.70. The van der Waals surface area contributed by atoms with E-state index in [1.807, 2.05) is 18.2 Å². The molecule has 0 N–H and O–H groups in total. The van der Waals surface area contributed by atoms with Crippen molar-refractivity contribution in [3.63, 3.8) is 0 Å². The molecule has 94 valence electrons. The summed E-state index contributed by atoms with van der Waals surface area (Å²) in [4.78, 5) is 24.1. The lowest BCUT2D eigenvalue weighted by Crippen LogP contribution is -2.39. The van der Waals surface area contributed by atoms with Crippen LogP contribution in [0.15, 0.2) is 30.3 Å². The molecule has 0 heterocycles. The van der Waals surface area contributed by atoms with Crippen molar-refractivity contribution in [3.05, 3.63) is 35.9 Å². The van der Waals surface area contributed by atoms with Gasteiger partial charge in [0.2, 0.25) is 0 Å². The Morgan fingerprint density at radius 2 is 1.78 bits per heavy atom. The van der Waals surface area contributed by atoms with Crippen LogP contribution >= 0.6 is 0 Å². The van der Waals surface area contributed by atoms with Gasteiger partial charge in [0, 0.05) is 31.1 Å². The number of carbonyl (C=O) groups is 2. The van der Waals surface area contributed by atoms with Crippen molar-refractivity contribution in [2.45, 2.75) is 38.0 Å². The van der Waals surface area contributed by atoms with Gasteiger partial charge in [-0.15, -0.1) is 0 Å². The van der Waals surface area contributed by atoms with Gasteiger partial charge < -0.3 is 0 Å². The lowest BCUT2D eigenvalue weighted by Gasteiger charge is -2.39. The Morgan fingerprint density at radius 1 is 1.00 bits per heavy atom. The lowest BCUT2D eigenvalue weighted by atomic mass is 9.63. The van der Waals surface area contributed by atoms with Crippen molar-refractivity contribution in [2.24, 2.45) is 11.8 Å². The topological polar surface area (TPSA) is 34.1 Å². The number of hydrogen-bond acceptors (Lipinski definition) is 2. The molecule has 0 spiro atoms. The lowest BCUT2D eigenvalue weighted by molar-refractivity contribution is -0.133. The van der Waals surface area contributed by atoms with Crippen LogP contribution in [0.25, 0.3) is 0 Å². The molecule has 1 aromatic carbocycles. The molecule has 3 atom stereocenters. The van der Waals surface area contributed by atoms with E-state index in [9.17, 15) is 9.59 Å². The van der Waals surface area contributed by atoms with Crippen LogP contribution in [-0.2, 0) is 9.59 Å². The van der Waals surface area contributed by atoms with E-state index >= 15 is 0 Å². The summed E-state index contributed by atoms with van der Waals surface area (Å²) in [7, 11) is 0. The summed E-state index contributed by atoms with van der Waals surface area (Å²) < 4.78 is 0. The van der Waals surface area contributed by atoms with Gasteiger partial charge in [0.05, 0.1) is 0 Å². The van der Waals surface area contributed by atoms with Crippen molar-refractivity contribution in [2.75, 3.05) is 0 Å². The molecule has 2 aliphatic rings. The summed E-state index contributed by atoms with van der Waals surface area (Å²) >= 11 is 0. The molecule has 0 amide bonds. The molecule has 2 saturated carbocycles. The third-order valence-corrected chi connectivity index (χ3v) is 4.48. The van der Waals surface area contributed by atoms with Crippen molar-refractivity contribution < 1.29 is 9.59 Å². The van der Waals surface area contributed by atoms with Gasteiger partial charge in [-0.1, -0.05) is 30.3 Å². The van der Waals surface area contributed by atoms with Crippen LogP contribution in [0.5, 0.6) is 0 Å².